The van der Waals surface area contributed by atoms with E-state index in [2.05, 4.69) is 9.97 Å². The lowest BCUT2D eigenvalue weighted by atomic mass is 10.1. The Hall–Kier alpha value is -5.09. The van der Waals surface area contributed by atoms with E-state index in [0.29, 0.717) is 38.5 Å². The summed E-state index contributed by atoms with van der Waals surface area (Å²) >= 11 is 5.89. The molecule has 2 heterocycles. The molecular formula is C29H25ClN3O7-. The summed E-state index contributed by atoms with van der Waals surface area (Å²) in [5.41, 5.74) is 2.15. The highest BCUT2D eigenvalue weighted by molar-refractivity contribution is 6.30. The number of rotatable bonds is 5. The number of hydrogen-bond acceptors (Lipinski definition) is 6. The van der Waals surface area contributed by atoms with Crippen LogP contribution in [0.5, 0.6) is 11.5 Å². The van der Waals surface area contributed by atoms with E-state index < -0.39 is 17.7 Å². The molecule has 3 N–H and O–H groups in total. The zero-order chi connectivity index (χ0) is 29.2. The van der Waals surface area contributed by atoms with Crippen molar-refractivity contribution in [2.45, 2.75) is 13.3 Å². The lowest BCUT2D eigenvalue weighted by Crippen LogP contribution is -2.14. The summed E-state index contributed by atoms with van der Waals surface area (Å²) in [5.74, 6) is -2.21. The zero-order valence-electron chi connectivity index (χ0n) is 21.5. The fourth-order valence-corrected chi connectivity index (χ4v) is 3.93. The number of benzene rings is 3. The quantitative estimate of drug-likeness (QED) is 0.276. The Kier molecular flexibility index (Phi) is 10.0. The third-order valence-corrected chi connectivity index (χ3v) is 5.94. The molecular weight excluding hydrogens is 538 g/mol. The molecule has 0 spiro atoms. The van der Waals surface area contributed by atoms with Crippen LogP contribution in [0.3, 0.4) is 0 Å². The second kappa shape index (κ2) is 13.6. The van der Waals surface area contributed by atoms with Crippen LogP contribution in [0, 0.1) is 6.92 Å². The van der Waals surface area contributed by atoms with Gasteiger partial charge in [-0.2, -0.15) is 0 Å². The highest BCUT2D eigenvalue weighted by Crippen LogP contribution is 2.30. The maximum absolute atomic E-state index is 13.0. The molecule has 0 saturated carbocycles. The van der Waals surface area contributed by atoms with Gasteiger partial charge in [-0.15, -0.1) is 0 Å². The van der Waals surface area contributed by atoms with E-state index in [0.717, 1.165) is 0 Å². The highest BCUT2D eigenvalue weighted by atomic mass is 35.5. The van der Waals surface area contributed by atoms with Crippen LogP contribution in [0.1, 0.15) is 32.0 Å². The van der Waals surface area contributed by atoms with Crippen molar-refractivity contribution in [3.05, 3.63) is 113 Å². The first kappa shape index (κ1) is 29.5. The van der Waals surface area contributed by atoms with Gasteiger partial charge in [-0.1, -0.05) is 35.5 Å². The van der Waals surface area contributed by atoms with Gasteiger partial charge in [0.1, 0.15) is 5.75 Å². The number of nitrogens with zero attached hydrogens (tertiary/aromatic N) is 2. The Balaban J connectivity index is 0.000000239. The fraction of sp³-hybridized carbons (Fsp3) is 0.103. The number of ether oxygens (including phenoxy) is 1. The Labute approximate surface area is 234 Å². The number of carboxylic acids is 2. The van der Waals surface area contributed by atoms with E-state index in [4.69, 9.17) is 21.4 Å². The van der Waals surface area contributed by atoms with Crippen molar-refractivity contribution in [2.75, 3.05) is 7.11 Å². The van der Waals surface area contributed by atoms with Crippen molar-refractivity contribution in [3.63, 3.8) is 0 Å². The number of aromatic carboxylic acids is 1. The van der Waals surface area contributed by atoms with Gasteiger partial charge in [-0.05, 0) is 61.0 Å². The Morgan fingerprint density at radius 2 is 1.75 bits per heavy atom. The number of nitrogens with one attached hydrogen (secondary N) is 1. The highest BCUT2D eigenvalue weighted by Gasteiger charge is 2.21. The number of carbonyl (C=O) groups is 3. The number of carbonyl (C=O) groups excluding carboxylic acids is 1. The normalized spacial score (nSPS) is 10.1. The van der Waals surface area contributed by atoms with Crippen LogP contribution in [0.4, 0.5) is 0 Å². The average molecular weight is 563 g/mol. The van der Waals surface area contributed by atoms with Gasteiger partial charge in [0.2, 0.25) is 0 Å². The van der Waals surface area contributed by atoms with Crippen LogP contribution in [0.15, 0.2) is 85.5 Å². The molecule has 0 bridgehead atoms. The molecule has 0 atom stereocenters. The summed E-state index contributed by atoms with van der Waals surface area (Å²) in [6, 6.07) is 17.4. The zero-order valence-corrected chi connectivity index (χ0v) is 22.3. The molecule has 5 aromatic rings. The van der Waals surface area contributed by atoms with Crippen molar-refractivity contribution in [1.82, 2.24) is 14.5 Å². The molecule has 0 aliphatic heterocycles. The number of fused-ring (bicyclic) bond motifs is 1. The van der Waals surface area contributed by atoms with E-state index in [1.165, 1.54) is 28.8 Å². The van der Waals surface area contributed by atoms with Crippen molar-refractivity contribution in [3.8, 4) is 11.5 Å². The molecule has 0 aliphatic carbocycles. The fourth-order valence-electron chi connectivity index (χ4n) is 3.81. The lowest BCUT2D eigenvalue weighted by Gasteiger charge is -2.08. The molecule has 0 radical (unpaired) electrons. The molecule has 11 heteroatoms. The first-order valence-corrected chi connectivity index (χ1v) is 12.1. The number of hydrogen-bond donors (Lipinski definition) is 3. The minimum absolute atomic E-state index is 0.170. The summed E-state index contributed by atoms with van der Waals surface area (Å²) in [7, 11) is 1.54. The van der Waals surface area contributed by atoms with Crippen LogP contribution in [-0.2, 0) is 11.2 Å². The standard InChI is InChI=1S/C19H16ClNO4.C7H6O3.C3H4N2/c1-11-15(10-18(22)23)16-9-14(25-2)7-8-17(16)21(11)19(24)12-3-5-13(20)6-4-12;8-6-4-2-1-3-5(6)7(9)10;1-2-5-3-4-1/h3-9H,10H2,1-2H3,(H,22,23);1-4,8H,(H,9,10);1-3H,(H,4,5)/p-1. The van der Waals surface area contributed by atoms with Gasteiger partial charge < -0.3 is 25.0 Å². The summed E-state index contributed by atoms with van der Waals surface area (Å²) in [6.45, 7) is 1.75. The molecule has 0 unspecified atom stereocenters. The second-order valence-corrected chi connectivity index (χ2v) is 8.66. The van der Waals surface area contributed by atoms with Gasteiger partial charge in [0.25, 0.3) is 5.91 Å². The summed E-state index contributed by atoms with van der Waals surface area (Å²) in [6.07, 6.45) is 4.91. The number of carboxylic acid groups (broad SMARTS) is 2. The van der Waals surface area contributed by atoms with E-state index in [-0.39, 0.29) is 17.9 Å². The first-order chi connectivity index (χ1) is 19.1. The maximum Gasteiger partial charge on any atom is 0.335 e. The predicted octanol–water partition coefficient (Wildman–Crippen LogP) is 4.80. The number of aromatic amines is 1. The van der Waals surface area contributed by atoms with E-state index in [1.807, 2.05) is 0 Å². The Morgan fingerprint density at radius 1 is 1.05 bits per heavy atom. The number of aromatic nitrogens is 3. The third-order valence-electron chi connectivity index (χ3n) is 5.69. The van der Waals surface area contributed by atoms with E-state index in [9.17, 15) is 24.6 Å². The number of para-hydroxylation sites is 1. The monoisotopic (exact) mass is 562 g/mol. The molecule has 0 saturated heterocycles. The topological polar surface area (TPSA) is 158 Å². The maximum atomic E-state index is 13.0. The molecule has 0 fully saturated rings. The first-order valence-electron chi connectivity index (χ1n) is 11.8. The van der Waals surface area contributed by atoms with Crippen LogP contribution >= 0.6 is 11.6 Å². The van der Waals surface area contributed by atoms with Gasteiger partial charge in [0.15, 0.2) is 0 Å². The van der Waals surface area contributed by atoms with Crippen LogP contribution in [0.2, 0.25) is 5.02 Å². The molecule has 0 aliphatic rings. The molecule has 3 aromatic carbocycles. The van der Waals surface area contributed by atoms with E-state index >= 15 is 0 Å². The van der Waals surface area contributed by atoms with Crippen LogP contribution in [0.25, 0.3) is 10.9 Å². The SMILES string of the molecule is COc1ccc2c(c1)c(CC(=O)O)c(C)n2C(=O)c1ccc(Cl)cc1.O=C(O)c1ccccc1[O-].c1c[nH]cn1. The van der Waals surface area contributed by atoms with Gasteiger partial charge in [-0.25, -0.2) is 9.78 Å². The predicted molar refractivity (Wildman–Crippen MR) is 147 cm³/mol. The summed E-state index contributed by atoms with van der Waals surface area (Å²) < 4.78 is 6.77. The lowest BCUT2D eigenvalue weighted by molar-refractivity contribution is -0.268. The van der Waals surface area contributed by atoms with Gasteiger partial charge in [0, 0.05) is 34.1 Å². The van der Waals surface area contributed by atoms with Crippen LogP contribution < -0.4 is 9.84 Å². The largest absolute Gasteiger partial charge is 0.872 e. The average Bonchev–Trinajstić information content (AvgIpc) is 3.60. The van der Waals surface area contributed by atoms with Crippen molar-refractivity contribution >= 4 is 40.3 Å². The molecule has 206 valence electrons. The number of H-pyrrole nitrogens is 1. The van der Waals surface area contributed by atoms with Crippen molar-refractivity contribution in [2.24, 2.45) is 0 Å². The molecule has 5 rings (SSSR count). The van der Waals surface area contributed by atoms with Gasteiger partial charge >= 0.3 is 11.9 Å². The summed E-state index contributed by atoms with van der Waals surface area (Å²) in [5, 5.41) is 29.5. The smallest absolute Gasteiger partial charge is 0.335 e. The Morgan fingerprint density at radius 3 is 2.25 bits per heavy atom. The number of halogens is 1. The molecule has 2 aromatic heterocycles. The third kappa shape index (κ3) is 7.27. The molecule has 40 heavy (non-hydrogen) atoms. The number of imidazole rings is 1. The molecule has 10 nitrogen and oxygen atoms in total. The Bertz CT molecular complexity index is 1590. The molecule has 0 amide bonds. The number of methoxy groups -OCH3 is 1. The van der Waals surface area contributed by atoms with Gasteiger partial charge in [-0.3, -0.25) is 14.2 Å². The minimum atomic E-state index is -1.18. The van der Waals surface area contributed by atoms with Gasteiger partial charge in [0.05, 0.1) is 30.9 Å². The number of aliphatic carboxylic acids is 1. The van der Waals surface area contributed by atoms with E-state index in [1.54, 1.807) is 75.2 Å². The van der Waals surface area contributed by atoms with Crippen molar-refractivity contribution < 1.29 is 34.4 Å². The second-order valence-electron chi connectivity index (χ2n) is 8.23. The van der Waals surface area contributed by atoms with Crippen LogP contribution in [-0.4, -0.2) is 49.7 Å². The minimum Gasteiger partial charge on any atom is -0.872 e. The summed E-state index contributed by atoms with van der Waals surface area (Å²) in [4.78, 5) is 40.9. The van der Waals surface area contributed by atoms with Crippen molar-refractivity contribution in [1.29, 1.82) is 0 Å².